The van der Waals surface area contributed by atoms with E-state index in [0.717, 1.165) is 11.9 Å². The lowest BCUT2D eigenvalue weighted by Crippen LogP contribution is -2.19. The number of hydrogen-bond acceptors (Lipinski definition) is 3. The maximum atomic E-state index is 11.4. The highest BCUT2D eigenvalue weighted by molar-refractivity contribution is 7.79. The van der Waals surface area contributed by atoms with Gasteiger partial charge in [0.2, 0.25) is 0 Å². The van der Waals surface area contributed by atoms with Crippen molar-refractivity contribution >= 4 is 35.5 Å². The molecule has 1 aromatic rings. The standard InChI is InChI=1S/C10H11N3OS/c1-12-10(14)9-3-2-8(13-6-15)4-7(9)5-11/h2-6,11H,1H3,(H,12,14)(H,13,15). The fourth-order valence-electron chi connectivity index (χ4n) is 1.18. The first-order valence-corrected chi connectivity index (χ1v) is 4.77. The van der Waals surface area contributed by atoms with Crippen molar-refractivity contribution in [3.05, 3.63) is 29.3 Å². The Hall–Kier alpha value is -1.75. The maximum Gasteiger partial charge on any atom is 0.251 e. The van der Waals surface area contributed by atoms with Gasteiger partial charge in [-0.2, -0.15) is 0 Å². The third-order valence-electron chi connectivity index (χ3n) is 1.90. The van der Waals surface area contributed by atoms with Crippen LogP contribution in [0.15, 0.2) is 18.2 Å². The molecule has 1 aromatic carbocycles. The van der Waals surface area contributed by atoms with E-state index in [0.29, 0.717) is 11.1 Å². The van der Waals surface area contributed by atoms with Gasteiger partial charge < -0.3 is 16.0 Å². The van der Waals surface area contributed by atoms with Crippen LogP contribution in [0.25, 0.3) is 0 Å². The Kier molecular flexibility index (Phi) is 3.93. The molecule has 0 aromatic heterocycles. The molecular formula is C10H11N3OS. The number of hydrogen-bond donors (Lipinski definition) is 3. The molecule has 4 nitrogen and oxygen atoms in total. The van der Waals surface area contributed by atoms with Crippen molar-refractivity contribution in [2.75, 3.05) is 12.4 Å². The number of thiocarbonyl (C=S) groups is 1. The van der Waals surface area contributed by atoms with Gasteiger partial charge in [-0.05, 0) is 18.2 Å². The lowest BCUT2D eigenvalue weighted by molar-refractivity contribution is 0.0963. The van der Waals surface area contributed by atoms with Gasteiger partial charge in [-0.1, -0.05) is 12.2 Å². The molecule has 0 spiro atoms. The van der Waals surface area contributed by atoms with E-state index < -0.39 is 0 Å². The Balaban J connectivity index is 3.14. The molecule has 0 aliphatic rings. The minimum atomic E-state index is -0.206. The van der Waals surface area contributed by atoms with Crippen molar-refractivity contribution in [3.8, 4) is 0 Å². The summed E-state index contributed by atoms with van der Waals surface area (Å²) in [6.07, 6.45) is 1.14. The predicted octanol–water partition coefficient (Wildman–Crippen LogP) is 1.41. The third kappa shape index (κ3) is 2.60. The highest BCUT2D eigenvalue weighted by Crippen LogP contribution is 2.13. The van der Waals surface area contributed by atoms with Gasteiger partial charge in [0, 0.05) is 30.1 Å². The number of anilines is 1. The number of amides is 1. The fraction of sp³-hybridized carbons (Fsp3) is 0.100. The van der Waals surface area contributed by atoms with E-state index in [1.807, 2.05) is 0 Å². The number of carbonyl (C=O) groups is 1. The summed E-state index contributed by atoms with van der Waals surface area (Å²) in [6, 6.07) is 5.08. The molecule has 15 heavy (non-hydrogen) atoms. The van der Waals surface area contributed by atoms with Crippen LogP contribution >= 0.6 is 12.2 Å². The number of nitrogens with one attached hydrogen (secondary N) is 3. The quantitative estimate of drug-likeness (QED) is 0.532. The Morgan fingerprint density at radius 3 is 2.80 bits per heavy atom. The number of benzene rings is 1. The fourth-order valence-corrected chi connectivity index (χ4v) is 1.32. The zero-order chi connectivity index (χ0) is 11.3. The van der Waals surface area contributed by atoms with Crippen LogP contribution in [0.5, 0.6) is 0 Å². The maximum absolute atomic E-state index is 11.4. The largest absolute Gasteiger partial charge is 0.355 e. The molecule has 1 rings (SSSR count). The molecule has 3 N–H and O–H groups in total. The summed E-state index contributed by atoms with van der Waals surface area (Å²) >= 11 is 4.65. The van der Waals surface area contributed by atoms with Gasteiger partial charge in [-0.3, -0.25) is 4.79 Å². The topological polar surface area (TPSA) is 65.0 Å². The molecule has 0 fully saturated rings. The zero-order valence-electron chi connectivity index (χ0n) is 8.20. The first kappa shape index (κ1) is 11.3. The van der Waals surface area contributed by atoms with E-state index >= 15 is 0 Å². The Morgan fingerprint density at radius 2 is 2.27 bits per heavy atom. The van der Waals surface area contributed by atoms with Crippen LogP contribution in [0.3, 0.4) is 0 Å². The minimum absolute atomic E-state index is 0.206. The molecular weight excluding hydrogens is 210 g/mol. The zero-order valence-corrected chi connectivity index (χ0v) is 9.02. The predicted molar refractivity (Wildman–Crippen MR) is 65.0 cm³/mol. The molecule has 5 heteroatoms. The van der Waals surface area contributed by atoms with Gasteiger partial charge in [-0.15, -0.1) is 0 Å². The molecule has 0 saturated heterocycles. The van der Waals surface area contributed by atoms with Crippen LogP contribution in [0, 0.1) is 5.41 Å². The molecule has 0 unspecified atom stereocenters. The lowest BCUT2D eigenvalue weighted by atomic mass is 10.1. The van der Waals surface area contributed by atoms with Crippen LogP contribution in [-0.4, -0.2) is 24.7 Å². The molecule has 0 heterocycles. The van der Waals surface area contributed by atoms with Crippen LogP contribution < -0.4 is 10.6 Å². The van der Waals surface area contributed by atoms with Crippen molar-refractivity contribution in [2.24, 2.45) is 0 Å². The molecule has 0 radical (unpaired) electrons. The summed E-state index contributed by atoms with van der Waals surface area (Å²) in [5.41, 5.74) is 3.16. The van der Waals surface area contributed by atoms with Crippen LogP contribution in [0.1, 0.15) is 15.9 Å². The van der Waals surface area contributed by atoms with Crippen molar-refractivity contribution in [1.82, 2.24) is 5.32 Å². The van der Waals surface area contributed by atoms with E-state index in [2.05, 4.69) is 22.9 Å². The average molecular weight is 221 g/mol. The lowest BCUT2D eigenvalue weighted by Gasteiger charge is -2.06. The highest BCUT2D eigenvalue weighted by atomic mass is 32.1. The molecule has 0 aliphatic heterocycles. The number of rotatable bonds is 4. The molecule has 78 valence electrons. The van der Waals surface area contributed by atoms with E-state index in [9.17, 15) is 4.79 Å². The Morgan fingerprint density at radius 1 is 1.53 bits per heavy atom. The van der Waals surface area contributed by atoms with Crippen molar-refractivity contribution in [1.29, 1.82) is 5.41 Å². The van der Waals surface area contributed by atoms with Gasteiger partial charge in [0.05, 0.1) is 5.49 Å². The summed E-state index contributed by atoms with van der Waals surface area (Å²) in [4.78, 5) is 11.4. The van der Waals surface area contributed by atoms with Crippen LogP contribution in [-0.2, 0) is 0 Å². The Labute approximate surface area is 93.2 Å². The van der Waals surface area contributed by atoms with Crippen molar-refractivity contribution < 1.29 is 4.79 Å². The van der Waals surface area contributed by atoms with Crippen LogP contribution in [0.4, 0.5) is 5.69 Å². The minimum Gasteiger partial charge on any atom is -0.355 e. The Bertz CT molecular complexity index is 404. The van der Waals surface area contributed by atoms with E-state index in [1.54, 1.807) is 25.2 Å². The first-order valence-electron chi connectivity index (χ1n) is 4.29. The van der Waals surface area contributed by atoms with E-state index in [-0.39, 0.29) is 5.91 Å². The first-order chi connectivity index (χ1) is 7.22. The molecule has 0 saturated carbocycles. The molecule has 0 aliphatic carbocycles. The second-order valence-corrected chi connectivity index (χ2v) is 3.02. The monoisotopic (exact) mass is 221 g/mol. The summed E-state index contributed by atoms with van der Waals surface area (Å²) in [6.45, 7) is 0. The van der Waals surface area contributed by atoms with Gasteiger partial charge in [0.15, 0.2) is 0 Å². The van der Waals surface area contributed by atoms with Crippen molar-refractivity contribution in [2.45, 2.75) is 0 Å². The average Bonchev–Trinajstić information content (AvgIpc) is 2.28. The molecule has 0 bridgehead atoms. The summed E-state index contributed by atoms with van der Waals surface area (Å²) in [7, 11) is 1.55. The van der Waals surface area contributed by atoms with Crippen LogP contribution in [0.2, 0.25) is 0 Å². The second kappa shape index (κ2) is 5.21. The highest BCUT2D eigenvalue weighted by Gasteiger charge is 2.08. The molecule has 1 amide bonds. The second-order valence-electron chi connectivity index (χ2n) is 2.79. The van der Waals surface area contributed by atoms with Gasteiger partial charge in [0.25, 0.3) is 5.91 Å². The van der Waals surface area contributed by atoms with Crippen molar-refractivity contribution in [3.63, 3.8) is 0 Å². The molecule has 0 atom stereocenters. The number of carbonyl (C=O) groups excluding carboxylic acids is 1. The normalized spacial score (nSPS) is 9.13. The van der Waals surface area contributed by atoms with Gasteiger partial charge >= 0.3 is 0 Å². The summed E-state index contributed by atoms with van der Waals surface area (Å²) < 4.78 is 0. The van der Waals surface area contributed by atoms with E-state index in [1.165, 1.54) is 5.49 Å². The van der Waals surface area contributed by atoms with Gasteiger partial charge in [0.1, 0.15) is 0 Å². The smallest absolute Gasteiger partial charge is 0.251 e. The third-order valence-corrected chi connectivity index (χ3v) is 2.02. The summed E-state index contributed by atoms with van der Waals surface area (Å²) in [5.74, 6) is -0.206. The summed E-state index contributed by atoms with van der Waals surface area (Å²) in [5, 5.41) is 12.6. The van der Waals surface area contributed by atoms with E-state index in [4.69, 9.17) is 5.41 Å². The SMILES string of the molecule is CNC(=O)c1ccc(NC=S)cc1C=N. The van der Waals surface area contributed by atoms with Gasteiger partial charge in [-0.25, -0.2) is 0 Å².